The molecule has 0 radical (unpaired) electrons. The summed E-state index contributed by atoms with van der Waals surface area (Å²) in [6, 6.07) is -0.762. The van der Waals surface area contributed by atoms with E-state index in [1.165, 1.54) is 199 Å². The maximum absolute atomic E-state index is 13.0. The molecule has 0 aromatic carbocycles. The van der Waals surface area contributed by atoms with Crippen molar-refractivity contribution in [2.75, 3.05) is 40.9 Å². The van der Waals surface area contributed by atoms with Crippen LogP contribution in [-0.2, 0) is 18.4 Å². The molecule has 9 heteroatoms. The first-order valence-electron chi connectivity index (χ1n) is 34.0. The van der Waals surface area contributed by atoms with E-state index >= 15 is 0 Å². The van der Waals surface area contributed by atoms with Crippen LogP contribution in [-0.4, -0.2) is 73.4 Å². The minimum absolute atomic E-state index is 0.0745. The number of likely N-dealkylation sites (N-methyl/N-ethyl adjacent to an activating group) is 1. The molecule has 1 amide bonds. The molecule has 0 aliphatic carbocycles. The van der Waals surface area contributed by atoms with Crippen molar-refractivity contribution in [1.82, 2.24) is 5.32 Å². The molecule has 0 aromatic heterocycles. The van der Waals surface area contributed by atoms with Gasteiger partial charge >= 0.3 is 7.82 Å². The lowest BCUT2D eigenvalue weighted by Gasteiger charge is -2.26. The molecular weight excluding hydrogens is 1010 g/mol. The fraction of sp³-hybridized carbons (Fsp3) is 0.789. The molecule has 0 saturated heterocycles. The molecule has 0 bridgehead atoms. The van der Waals surface area contributed by atoms with Crippen LogP contribution < -0.4 is 5.32 Å². The summed E-state index contributed by atoms with van der Waals surface area (Å²) in [7, 11) is 1.62. The molecule has 80 heavy (non-hydrogen) atoms. The molecule has 0 spiro atoms. The third kappa shape index (κ3) is 63.3. The third-order valence-corrected chi connectivity index (χ3v) is 16.1. The van der Waals surface area contributed by atoms with Crippen LogP contribution in [0.25, 0.3) is 0 Å². The number of hydrogen-bond acceptors (Lipinski definition) is 5. The van der Waals surface area contributed by atoms with Crippen LogP contribution in [0.4, 0.5) is 0 Å². The van der Waals surface area contributed by atoms with Gasteiger partial charge in [0.2, 0.25) is 5.91 Å². The van der Waals surface area contributed by atoms with E-state index in [-0.39, 0.29) is 19.1 Å². The molecule has 0 rings (SSSR count). The number of allylic oxidation sites excluding steroid dienone is 14. The average Bonchev–Trinajstić information content (AvgIpc) is 3.42. The number of carbonyl (C=O) groups is 1. The summed E-state index contributed by atoms with van der Waals surface area (Å²) in [4.78, 5) is 23.4. The number of amides is 1. The third-order valence-electron chi connectivity index (χ3n) is 15.2. The predicted molar refractivity (Wildman–Crippen MR) is 350 cm³/mol. The van der Waals surface area contributed by atoms with Gasteiger partial charge in [-0.3, -0.25) is 13.8 Å². The molecule has 0 saturated carbocycles. The van der Waals surface area contributed by atoms with Crippen LogP contribution in [0, 0.1) is 0 Å². The van der Waals surface area contributed by atoms with Crippen LogP contribution in [0.2, 0.25) is 0 Å². The van der Waals surface area contributed by atoms with Gasteiger partial charge in [-0.05, 0) is 70.6 Å². The highest BCUT2D eigenvalue weighted by atomic mass is 31.2. The number of aliphatic hydroxyl groups is 1. The molecule has 0 heterocycles. The Morgan fingerprint density at radius 3 is 1.10 bits per heavy atom. The quantitative estimate of drug-likeness (QED) is 0.0243. The summed E-state index contributed by atoms with van der Waals surface area (Å²) >= 11 is 0. The summed E-state index contributed by atoms with van der Waals surface area (Å²) in [5.74, 6) is -0.141. The van der Waals surface area contributed by atoms with Crippen LogP contribution >= 0.6 is 7.82 Å². The van der Waals surface area contributed by atoms with Gasteiger partial charge in [0, 0.05) is 6.42 Å². The number of nitrogens with zero attached hydrogens (tertiary/aromatic N) is 1. The Bertz CT molecular complexity index is 1580. The average molecular weight is 1140 g/mol. The first-order valence-corrected chi connectivity index (χ1v) is 35.4. The van der Waals surface area contributed by atoms with Crippen LogP contribution in [0.5, 0.6) is 0 Å². The molecule has 0 aliphatic heterocycles. The fourth-order valence-electron chi connectivity index (χ4n) is 9.91. The van der Waals surface area contributed by atoms with Crippen molar-refractivity contribution < 1.29 is 32.9 Å². The molecule has 466 valence electrons. The molecule has 3 N–H and O–H groups in total. The van der Waals surface area contributed by atoms with Crippen molar-refractivity contribution in [3.8, 4) is 0 Å². The summed E-state index contributed by atoms with van der Waals surface area (Å²) in [6.07, 6.45) is 86.8. The van der Waals surface area contributed by atoms with E-state index in [9.17, 15) is 19.4 Å². The Balaban J connectivity index is 3.94. The second kappa shape index (κ2) is 61.2. The van der Waals surface area contributed by atoms with E-state index in [2.05, 4.69) is 104 Å². The number of carbonyl (C=O) groups excluding carboxylic acids is 1. The van der Waals surface area contributed by atoms with E-state index in [4.69, 9.17) is 9.05 Å². The monoisotopic (exact) mass is 1140 g/mol. The maximum Gasteiger partial charge on any atom is 0.472 e. The second-order valence-corrected chi connectivity index (χ2v) is 25.6. The first kappa shape index (κ1) is 77.7. The lowest BCUT2D eigenvalue weighted by molar-refractivity contribution is -0.870. The van der Waals surface area contributed by atoms with E-state index in [1.807, 2.05) is 21.1 Å². The highest BCUT2D eigenvalue weighted by molar-refractivity contribution is 7.47. The number of hydrogen-bond donors (Lipinski definition) is 3. The number of quaternary nitrogens is 1. The van der Waals surface area contributed by atoms with Gasteiger partial charge in [0.15, 0.2) is 0 Å². The smallest absolute Gasteiger partial charge is 0.391 e. The van der Waals surface area contributed by atoms with Gasteiger partial charge < -0.3 is 19.8 Å². The largest absolute Gasteiger partial charge is 0.472 e. The van der Waals surface area contributed by atoms with Gasteiger partial charge in [-0.25, -0.2) is 4.57 Å². The fourth-order valence-corrected chi connectivity index (χ4v) is 10.6. The maximum atomic E-state index is 13.0. The zero-order chi connectivity index (χ0) is 58.4. The normalized spacial score (nSPS) is 14.2. The topological polar surface area (TPSA) is 105 Å². The number of phosphoric acid groups is 1. The number of rotatable bonds is 62. The Morgan fingerprint density at radius 1 is 0.438 bits per heavy atom. The van der Waals surface area contributed by atoms with E-state index < -0.39 is 20.0 Å². The van der Waals surface area contributed by atoms with Crippen molar-refractivity contribution in [3.63, 3.8) is 0 Å². The Labute approximate surface area is 497 Å². The number of phosphoric ester groups is 1. The minimum Gasteiger partial charge on any atom is -0.391 e. The highest BCUT2D eigenvalue weighted by Crippen LogP contribution is 2.43. The van der Waals surface area contributed by atoms with Crippen LogP contribution in [0.15, 0.2) is 85.1 Å². The lowest BCUT2D eigenvalue weighted by Crippen LogP contribution is -2.46. The van der Waals surface area contributed by atoms with E-state index in [0.717, 1.165) is 83.5 Å². The molecule has 0 fully saturated rings. The van der Waals surface area contributed by atoms with Gasteiger partial charge in [-0.2, -0.15) is 0 Å². The SMILES string of the molecule is CC/C=C\C/C=C\C/C=C\C/C=C\C/C=C\C/C=C\C/C=C\CCCCCCCCCCCCCCCCCCCCCC(=O)NC(COP(=O)(O)OCC[N+](C)(C)C)C(O)CCCCCCCCCCCCCCCCCCC. The first-order chi connectivity index (χ1) is 39.0. The molecule has 8 nitrogen and oxygen atoms in total. The molecule has 3 atom stereocenters. The van der Waals surface area contributed by atoms with E-state index in [1.54, 1.807) is 0 Å². The Kier molecular flexibility index (Phi) is 59.5. The molecular formula is C71H132N2O6P+. The number of unbranched alkanes of at least 4 members (excludes halogenated alkanes) is 35. The summed E-state index contributed by atoms with van der Waals surface area (Å²) in [6.45, 7) is 4.80. The van der Waals surface area contributed by atoms with Gasteiger partial charge in [-0.1, -0.05) is 317 Å². The van der Waals surface area contributed by atoms with Gasteiger partial charge in [0.05, 0.1) is 39.9 Å². The number of aliphatic hydroxyl groups excluding tert-OH is 1. The van der Waals surface area contributed by atoms with Crippen molar-refractivity contribution in [3.05, 3.63) is 85.1 Å². The standard InChI is InChI=1S/C71H131N2O6P/c1-6-8-10-12-14-16-18-20-22-24-25-26-27-28-29-30-31-32-33-34-35-36-37-38-39-40-41-42-43-44-45-46-47-49-51-53-55-57-59-61-63-65-71(75)72-69(68-79-80(76,77)78-67-66-73(3,4)5)70(74)64-62-60-58-56-54-52-50-48-23-21-19-17-15-13-11-9-7-2/h8,10,14,16,20,22,25-26,28-29,31-32,34-35,69-70,74H,6-7,9,11-13,15,17-19,21,23-24,27,30,33,36-68H2,1-5H3,(H-,72,75,76,77)/p+1/b10-8-,16-14-,22-20-,26-25-,29-28-,32-31-,35-34-. The highest BCUT2D eigenvalue weighted by Gasteiger charge is 2.28. The zero-order valence-corrected chi connectivity index (χ0v) is 54.2. The van der Waals surface area contributed by atoms with Gasteiger partial charge in [-0.15, -0.1) is 0 Å². The van der Waals surface area contributed by atoms with Crippen LogP contribution in [0.1, 0.15) is 309 Å². The molecule has 0 aromatic rings. The summed E-state index contributed by atoms with van der Waals surface area (Å²) in [5.41, 5.74) is 0. The van der Waals surface area contributed by atoms with Crippen LogP contribution in [0.3, 0.4) is 0 Å². The van der Waals surface area contributed by atoms with Gasteiger partial charge in [0.25, 0.3) is 0 Å². The molecule has 0 aliphatic rings. The van der Waals surface area contributed by atoms with Crippen molar-refractivity contribution >= 4 is 13.7 Å². The zero-order valence-electron chi connectivity index (χ0n) is 53.3. The Morgan fingerprint density at radius 2 is 0.750 bits per heavy atom. The van der Waals surface area contributed by atoms with Gasteiger partial charge in [0.1, 0.15) is 13.2 Å². The summed E-state index contributed by atoms with van der Waals surface area (Å²) in [5, 5.41) is 14.1. The van der Waals surface area contributed by atoms with Crippen molar-refractivity contribution in [2.45, 2.75) is 321 Å². The molecule has 3 unspecified atom stereocenters. The van der Waals surface area contributed by atoms with E-state index in [0.29, 0.717) is 23.9 Å². The Hall–Kier alpha value is -2.32. The lowest BCUT2D eigenvalue weighted by atomic mass is 10.0. The summed E-state index contributed by atoms with van der Waals surface area (Å²) < 4.78 is 23.8. The second-order valence-electron chi connectivity index (χ2n) is 24.2. The number of nitrogens with one attached hydrogen (secondary N) is 1. The van der Waals surface area contributed by atoms with Crippen molar-refractivity contribution in [1.29, 1.82) is 0 Å². The predicted octanol–water partition coefficient (Wildman–Crippen LogP) is 21.5. The van der Waals surface area contributed by atoms with Crippen molar-refractivity contribution in [2.24, 2.45) is 0 Å². The minimum atomic E-state index is -4.33.